The van der Waals surface area contributed by atoms with E-state index in [9.17, 15) is 19.8 Å². The molecule has 43 heavy (non-hydrogen) atoms. The molecule has 9 heteroatoms. The third kappa shape index (κ3) is 6.15. The topological polar surface area (TPSA) is 103 Å². The van der Waals surface area contributed by atoms with Crippen LogP contribution in [-0.4, -0.2) is 65.3 Å². The molecule has 2 heterocycles. The van der Waals surface area contributed by atoms with E-state index in [0.29, 0.717) is 18.7 Å². The number of rotatable bonds is 10. The summed E-state index contributed by atoms with van der Waals surface area (Å²) in [7, 11) is 1.80. The molecule has 1 aromatic heterocycles. The summed E-state index contributed by atoms with van der Waals surface area (Å²) in [6.07, 6.45) is 4.97. The molecule has 3 aromatic rings. The second kappa shape index (κ2) is 11.9. The van der Waals surface area contributed by atoms with Gasteiger partial charge in [-0.25, -0.2) is 4.98 Å². The molecule has 2 aliphatic carbocycles. The van der Waals surface area contributed by atoms with E-state index in [0.717, 1.165) is 84.0 Å². The summed E-state index contributed by atoms with van der Waals surface area (Å²) in [6.45, 7) is 6.60. The van der Waals surface area contributed by atoms with Gasteiger partial charge >= 0.3 is 5.97 Å². The maximum absolute atomic E-state index is 13.0. The van der Waals surface area contributed by atoms with Crippen molar-refractivity contribution >= 4 is 28.3 Å². The molecule has 0 radical (unpaired) electrons. The number of anilines is 1. The zero-order chi connectivity index (χ0) is 30.3. The number of carbonyl (C=O) groups excluding carboxylic acids is 1. The van der Waals surface area contributed by atoms with Gasteiger partial charge in [0, 0.05) is 48.6 Å². The Bertz CT molecular complexity index is 1500. The van der Waals surface area contributed by atoms with Crippen LogP contribution in [0.2, 0.25) is 0 Å². The molecule has 2 N–H and O–H groups in total. The highest BCUT2D eigenvalue weighted by Crippen LogP contribution is 2.46. The van der Waals surface area contributed by atoms with Crippen molar-refractivity contribution in [2.75, 3.05) is 38.2 Å². The van der Waals surface area contributed by atoms with E-state index < -0.39 is 5.97 Å². The number of amides is 1. The van der Waals surface area contributed by atoms with Gasteiger partial charge in [-0.3, -0.25) is 9.59 Å². The van der Waals surface area contributed by atoms with Crippen molar-refractivity contribution in [1.82, 2.24) is 9.88 Å². The molecule has 8 nitrogen and oxygen atoms in total. The molecule has 228 valence electrons. The summed E-state index contributed by atoms with van der Waals surface area (Å²) in [5, 5.41) is 22.4. The largest absolute Gasteiger partial charge is 0.488 e. The summed E-state index contributed by atoms with van der Waals surface area (Å²) in [5.41, 5.74) is 5.43. The van der Waals surface area contributed by atoms with Gasteiger partial charge in [-0.2, -0.15) is 0 Å². The Balaban J connectivity index is 1.15. The van der Waals surface area contributed by atoms with Gasteiger partial charge in [0.1, 0.15) is 12.4 Å². The predicted molar refractivity (Wildman–Crippen MR) is 168 cm³/mol. The number of piperidine rings is 1. The Labute approximate surface area is 257 Å². The Morgan fingerprint density at radius 3 is 2.51 bits per heavy atom. The predicted octanol–water partition coefficient (Wildman–Crippen LogP) is 5.79. The fourth-order valence-electron chi connectivity index (χ4n) is 6.98. The maximum Gasteiger partial charge on any atom is 0.307 e. The van der Waals surface area contributed by atoms with Gasteiger partial charge in [0.25, 0.3) is 5.91 Å². The van der Waals surface area contributed by atoms with Crippen molar-refractivity contribution in [3.8, 4) is 17.0 Å². The smallest absolute Gasteiger partial charge is 0.307 e. The van der Waals surface area contributed by atoms with Crippen molar-refractivity contribution in [2.24, 2.45) is 23.2 Å². The first-order chi connectivity index (χ1) is 20.7. The average Bonchev–Trinajstić information content (AvgIpc) is 3.58. The first-order valence-electron chi connectivity index (χ1n) is 15.3. The summed E-state index contributed by atoms with van der Waals surface area (Å²) in [4.78, 5) is 34.0. The monoisotopic (exact) mass is 603 g/mol. The van der Waals surface area contributed by atoms with Gasteiger partial charge in [-0.15, -0.1) is 11.3 Å². The Kier molecular flexibility index (Phi) is 8.22. The molecule has 2 aromatic carbocycles. The number of aromatic nitrogens is 1. The van der Waals surface area contributed by atoms with Crippen LogP contribution < -0.4 is 9.64 Å². The number of thiazole rings is 1. The number of carboxylic acid groups (broad SMARTS) is 1. The van der Waals surface area contributed by atoms with Gasteiger partial charge in [-0.05, 0) is 86.8 Å². The highest BCUT2D eigenvalue weighted by Gasteiger charge is 2.44. The van der Waals surface area contributed by atoms with Crippen LogP contribution >= 0.6 is 11.3 Å². The zero-order valence-corrected chi connectivity index (χ0v) is 26.0. The van der Waals surface area contributed by atoms with Crippen LogP contribution in [0.1, 0.15) is 59.2 Å². The van der Waals surface area contributed by atoms with E-state index in [1.165, 1.54) is 0 Å². The molecule has 6 rings (SSSR count). The van der Waals surface area contributed by atoms with E-state index in [-0.39, 0.29) is 35.7 Å². The minimum Gasteiger partial charge on any atom is -0.488 e. The quantitative estimate of drug-likeness (QED) is 0.303. The maximum atomic E-state index is 13.0. The number of hydrogen-bond donors (Lipinski definition) is 2. The molecule has 3 fully saturated rings. The van der Waals surface area contributed by atoms with Crippen LogP contribution in [0.5, 0.6) is 5.75 Å². The molecule has 1 aliphatic heterocycles. The molecule has 3 aliphatic rings. The van der Waals surface area contributed by atoms with Crippen molar-refractivity contribution in [3.05, 3.63) is 64.0 Å². The van der Waals surface area contributed by atoms with Crippen LogP contribution in [0, 0.1) is 37.0 Å². The highest BCUT2D eigenvalue weighted by molar-refractivity contribution is 7.14. The number of carbonyl (C=O) groups is 2. The van der Waals surface area contributed by atoms with E-state index >= 15 is 0 Å². The van der Waals surface area contributed by atoms with Crippen LogP contribution in [0.25, 0.3) is 11.3 Å². The number of benzene rings is 2. The molecule has 2 saturated carbocycles. The Hall–Kier alpha value is -3.43. The van der Waals surface area contributed by atoms with Crippen LogP contribution in [0.4, 0.5) is 5.13 Å². The molecule has 0 spiro atoms. The Morgan fingerprint density at radius 2 is 1.86 bits per heavy atom. The van der Waals surface area contributed by atoms with Gasteiger partial charge in [0.2, 0.25) is 0 Å². The highest BCUT2D eigenvalue weighted by atomic mass is 32.1. The van der Waals surface area contributed by atoms with Crippen LogP contribution in [0.15, 0.2) is 41.8 Å². The minimum absolute atomic E-state index is 0.0359. The van der Waals surface area contributed by atoms with Gasteiger partial charge in [-0.1, -0.05) is 24.1 Å². The second-order valence-electron chi connectivity index (χ2n) is 13.0. The number of aliphatic hydroxyl groups is 1. The summed E-state index contributed by atoms with van der Waals surface area (Å²) < 4.78 is 6.37. The fourth-order valence-corrected chi connectivity index (χ4v) is 7.83. The lowest BCUT2D eigenvalue weighted by Crippen LogP contribution is -2.51. The number of fused-ring (bicyclic) bond motifs is 2. The molecule has 3 atom stereocenters. The molecular weight excluding hydrogens is 562 g/mol. The van der Waals surface area contributed by atoms with Crippen LogP contribution in [-0.2, 0) is 11.4 Å². The number of carboxylic acids is 1. The van der Waals surface area contributed by atoms with E-state index in [4.69, 9.17) is 9.72 Å². The molecular formula is C34H41N3O5S. The van der Waals surface area contributed by atoms with Crippen molar-refractivity contribution in [3.63, 3.8) is 0 Å². The first kappa shape index (κ1) is 29.6. The number of aliphatic hydroxyl groups excluding tert-OH is 1. The summed E-state index contributed by atoms with van der Waals surface area (Å²) >= 11 is 1.61. The van der Waals surface area contributed by atoms with Gasteiger partial charge < -0.3 is 24.7 Å². The van der Waals surface area contributed by atoms with Crippen molar-refractivity contribution in [2.45, 2.75) is 52.6 Å². The molecule has 1 amide bonds. The van der Waals surface area contributed by atoms with Crippen molar-refractivity contribution < 1.29 is 24.5 Å². The third-order valence-electron chi connectivity index (χ3n) is 9.72. The SMILES string of the molecule is Cc1ccc(OCc2ccc(C(=O)N(C)CC3(CO)CC3)cc2C)c(-c2csc(N3C[C@H]4CCC[C@@H](C3)[C@H]4C(=O)O)n2)c1. The number of aliphatic carboxylic acids is 1. The first-order valence-corrected chi connectivity index (χ1v) is 16.2. The van der Waals surface area contributed by atoms with Gasteiger partial charge in [0.15, 0.2) is 5.13 Å². The van der Waals surface area contributed by atoms with Crippen molar-refractivity contribution in [1.29, 1.82) is 0 Å². The van der Waals surface area contributed by atoms with Crippen LogP contribution in [0.3, 0.4) is 0 Å². The van der Waals surface area contributed by atoms with Gasteiger partial charge in [0.05, 0.1) is 18.2 Å². The Morgan fingerprint density at radius 1 is 1.12 bits per heavy atom. The number of hydrogen-bond acceptors (Lipinski definition) is 7. The average molecular weight is 604 g/mol. The van der Waals surface area contributed by atoms with E-state index in [1.807, 2.05) is 37.3 Å². The lowest BCUT2D eigenvalue weighted by Gasteiger charge is -2.45. The number of aryl methyl sites for hydroxylation is 2. The van der Waals surface area contributed by atoms with E-state index in [1.54, 1.807) is 23.3 Å². The second-order valence-corrected chi connectivity index (χ2v) is 13.8. The van der Waals surface area contributed by atoms with E-state index in [2.05, 4.69) is 23.3 Å². The summed E-state index contributed by atoms with van der Waals surface area (Å²) in [6, 6.07) is 11.9. The standard InChI is InChI=1S/C34H41N3O5S/c1-21-7-10-29(42-17-26-9-8-23(14-22(26)2)31(39)36(3)19-34(20-38)11-12-34)27(13-21)28-18-43-33(35-28)37-15-24-5-4-6-25(16-37)30(24)32(40)41/h7-10,13-14,18,24-25,30,38H,4-6,11-12,15-17,19-20H2,1-3H3,(H,40,41)/t24-,25+,30+. The normalized spacial score (nSPS) is 22.2. The molecule has 0 unspecified atom stereocenters. The minimum atomic E-state index is -0.649. The fraction of sp³-hybridized carbons (Fsp3) is 0.500. The lowest BCUT2D eigenvalue weighted by molar-refractivity contribution is -0.148. The summed E-state index contributed by atoms with van der Waals surface area (Å²) in [5.74, 6) is 0.183. The third-order valence-corrected chi connectivity index (χ3v) is 10.6. The molecule has 1 saturated heterocycles. The zero-order valence-electron chi connectivity index (χ0n) is 25.2. The number of nitrogens with zero attached hydrogens (tertiary/aromatic N) is 3. The molecule has 2 bridgehead atoms. The lowest BCUT2D eigenvalue weighted by atomic mass is 9.69. The number of ether oxygens (including phenoxy) is 1.